The highest BCUT2D eigenvalue weighted by Crippen LogP contribution is 2.34. The molecule has 3 nitrogen and oxygen atoms in total. The van der Waals surface area contributed by atoms with Gasteiger partial charge >= 0.3 is 0 Å². The molecule has 4 aromatic carbocycles. The van der Waals surface area contributed by atoms with E-state index in [0.29, 0.717) is 4.80 Å². The molecular formula is C31H26N2OS. The zero-order valence-corrected chi connectivity index (χ0v) is 20.6. The second kappa shape index (κ2) is 10.1. The number of amides is 1. The van der Waals surface area contributed by atoms with E-state index in [1.165, 1.54) is 5.56 Å². The molecule has 0 aliphatic carbocycles. The topological polar surface area (TPSA) is 34.4 Å². The normalized spacial score (nSPS) is 11.7. The fraction of sp³-hybridized carbons (Fsp3) is 0.0968. The van der Waals surface area contributed by atoms with Gasteiger partial charge in [-0.2, -0.15) is 4.99 Å². The van der Waals surface area contributed by atoms with Crippen molar-refractivity contribution in [1.29, 1.82) is 0 Å². The SMILES string of the molecule is Cc1ccc(-c2c(-c3ccccc3)sc(=NC(=O)C(c3ccccc3)c3ccccc3)n2C)cc1. The Labute approximate surface area is 209 Å². The number of rotatable bonds is 5. The van der Waals surface area contributed by atoms with Crippen LogP contribution < -0.4 is 4.80 Å². The number of benzene rings is 4. The van der Waals surface area contributed by atoms with E-state index in [-0.39, 0.29) is 5.91 Å². The predicted octanol–water partition coefficient (Wildman–Crippen LogP) is 6.99. The second-order valence-corrected chi connectivity index (χ2v) is 9.54. The average molecular weight is 475 g/mol. The Morgan fingerprint density at radius 2 is 1.23 bits per heavy atom. The molecule has 0 saturated carbocycles. The molecule has 35 heavy (non-hydrogen) atoms. The van der Waals surface area contributed by atoms with Crippen LogP contribution in [0.4, 0.5) is 0 Å². The molecule has 172 valence electrons. The van der Waals surface area contributed by atoms with Crippen molar-refractivity contribution in [1.82, 2.24) is 4.57 Å². The molecule has 0 aliphatic heterocycles. The lowest BCUT2D eigenvalue weighted by molar-refractivity contribution is -0.118. The Bertz CT molecular complexity index is 1460. The van der Waals surface area contributed by atoms with Gasteiger partial charge in [0.25, 0.3) is 5.91 Å². The number of nitrogens with zero attached hydrogens (tertiary/aromatic N) is 2. The van der Waals surface area contributed by atoms with Crippen LogP contribution in [0.2, 0.25) is 0 Å². The van der Waals surface area contributed by atoms with Crippen molar-refractivity contribution >= 4 is 17.2 Å². The molecule has 1 amide bonds. The first-order valence-corrected chi connectivity index (χ1v) is 12.4. The molecular weight excluding hydrogens is 448 g/mol. The monoisotopic (exact) mass is 474 g/mol. The van der Waals surface area contributed by atoms with E-state index in [9.17, 15) is 4.79 Å². The van der Waals surface area contributed by atoms with Crippen molar-refractivity contribution in [2.45, 2.75) is 12.8 Å². The molecule has 0 radical (unpaired) electrons. The fourth-order valence-corrected chi connectivity index (χ4v) is 5.45. The maximum Gasteiger partial charge on any atom is 0.260 e. The minimum Gasteiger partial charge on any atom is -0.319 e. The van der Waals surface area contributed by atoms with Gasteiger partial charge in [-0.05, 0) is 29.2 Å². The van der Waals surface area contributed by atoms with Crippen molar-refractivity contribution in [3.63, 3.8) is 0 Å². The van der Waals surface area contributed by atoms with Crippen LogP contribution >= 0.6 is 11.3 Å². The molecule has 0 fully saturated rings. The van der Waals surface area contributed by atoms with Gasteiger partial charge in [0.2, 0.25) is 0 Å². The first-order valence-electron chi connectivity index (χ1n) is 11.6. The van der Waals surface area contributed by atoms with Crippen molar-refractivity contribution in [3.8, 4) is 21.7 Å². The van der Waals surface area contributed by atoms with Crippen molar-refractivity contribution in [2.75, 3.05) is 0 Å². The zero-order valence-electron chi connectivity index (χ0n) is 19.8. The maximum atomic E-state index is 13.7. The minimum absolute atomic E-state index is 0.172. The van der Waals surface area contributed by atoms with Gasteiger partial charge < -0.3 is 4.57 Å². The Morgan fingerprint density at radius 3 is 1.77 bits per heavy atom. The highest BCUT2D eigenvalue weighted by Gasteiger charge is 2.23. The number of aryl methyl sites for hydroxylation is 1. The van der Waals surface area contributed by atoms with Gasteiger partial charge in [0.1, 0.15) is 0 Å². The van der Waals surface area contributed by atoms with Crippen molar-refractivity contribution in [2.24, 2.45) is 12.0 Å². The van der Waals surface area contributed by atoms with E-state index in [0.717, 1.165) is 32.8 Å². The summed E-state index contributed by atoms with van der Waals surface area (Å²) in [4.78, 5) is 20.2. The third kappa shape index (κ3) is 4.79. The quantitative estimate of drug-likeness (QED) is 0.270. The molecule has 5 rings (SSSR count). The summed E-state index contributed by atoms with van der Waals surface area (Å²) in [6, 6.07) is 38.6. The summed E-state index contributed by atoms with van der Waals surface area (Å²) in [5.74, 6) is -0.628. The van der Waals surface area contributed by atoms with Gasteiger partial charge in [0.05, 0.1) is 16.5 Å². The molecule has 1 aromatic heterocycles. The number of carbonyl (C=O) groups is 1. The zero-order chi connectivity index (χ0) is 24.2. The van der Waals surface area contributed by atoms with Crippen LogP contribution in [-0.4, -0.2) is 10.5 Å². The molecule has 0 bridgehead atoms. The van der Waals surface area contributed by atoms with Gasteiger partial charge in [-0.1, -0.05) is 132 Å². The standard InChI is InChI=1S/C31H26N2OS/c1-22-18-20-25(21-19-22)28-29(26-16-10-5-11-17-26)35-31(33(28)2)32-30(34)27(23-12-6-3-7-13-23)24-14-8-4-9-15-24/h3-21,27H,1-2H3. The van der Waals surface area contributed by atoms with Crippen molar-refractivity contribution in [3.05, 3.63) is 137 Å². The highest BCUT2D eigenvalue weighted by molar-refractivity contribution is 7.13. The number of aromatic nitrogens is 1. The van der Waals surface area contributed by atoms with Crippen LogP contribution in [0, 0.1) is 6.92 Å². The molecule has 1 heterocycles. The van der Waals surface area contributed by atoms with E-state index < -0.39 is 5.92 Å². The molecule has 0 saturated heterocycles. The summed E-state index contributed by atoms with van der Waals surface area (Å²) >= 11 is 1.55. The number of hydrogen-bond acceptors (Lipinski definition) is 2. The van der Waals surface area contributed by atoms with Crippen LogP contribution in [0.25, 0.3) is 21.7 Å². The lowest BCUT2D eigenvalue weighted by atomic mass is 9.91. The molecule has 0 atom stereocenters. The van der Waals surface area contributed by atoms with Gasteiger partial charge in [0.15, 0.2) is 4.80 Å². The molecule has 5 aromatic rings. The smallest absolute Gasteiger partial charge is 0.260 e. The summed E-state index contributed by atoms with van der Waals surface area (Å²) in [6.45, 7) is 2.09. The summed E-state index contributed by atoms with van der Waals surface area (Å²) in [6.07, 6.45) is 0. The van der Waals surface area contributed by atoms with E-state index >= 15 is 0 Å². The second-order valence-electron chi connectivity index (χ2n) is 8.56. The lowest BCUT2D eigenvalue weighted by Crippen LogP contribution is -2.19. The first-order chi connectivity index (χ1) is 17.1. The Hall–Kier alpha value is -4.02. The number of thiazole rings is 1. The van der Waals surface area contributed by atoms with Crippen LogP contribution in [0.3, 0.4) is 0 Å². The number of carbonyl (C=O) groups excluding carboxylic acids is 1. The summed E-state index contributed by atoms with van der Waals surface area (Å²) in [5.41, 5.74) is 6.36. The van der Waals surface area contributed by atoms with Gasteiger partial charge in [-0.15, -0.1) is 0 Å². The molecule has 0 aliphatic rings. The van der Waals surface area contributed by atoms with Gasteiger partial charge in [-0.3, -0.25) is 4.79 Å². The van der Waals surface area contributed by atoms with E-state index in [4.69, 9.17) is 4.99 Å². The largest absolute Gasteiger partial charge is 0.319 e. The molecule has 4 heteroatoms. The highest BCUT2D eigenvalue weighted by atomic mass is 32.1. The summed E-state index contributed by atoms with van der Waals surface area (Å²) in [5, 5.41) is 0. The lowest BCUT2D eigenvalue weighted by Gasteiger charge is -2.14. The summed E-state index contributed by atoms with van der Waals surface area (Å²) in [7, 11) is 1.99. The van der Waals surface area contributed by atoms with Crippen LogP contribution in [0.1, 0.15) is 22.6 Å². The number of hydrogen-bond donors (Lipinski definition) is 0. The minimum atomic E-state index is -0.456. The maximum absolute atomic E-state index is 13.7. The van der Waals surface area contributed by atoms with Gasteiger partial charge in [0, 0.05) is 7.05 Å². The Balaban J connectivity index is 1.67. The third-order valence-corrected chi connectivity index (χ3v) is 7.29. The Morgan fingerprint density at radius 1 is 0.714 bits per heavy atom. The molecule has 0 unspecified atom stereocenters. The van der Waals surface area contributed by atoms with Crippen LogP contribution in [-0.2, 0) is 11.8 Å². The van der Waals surface area contributed by atoms with E-state index in [1.807, 2.05) is 90.5 Å². The van der Waals surface area contributed by atoms with E-state index in [1.54, 1.807) is 11.3 Å². The molecule has 0 spiro atoms. The molecule has 0 N–H and O–H groups in total. The van der Waals surface area contributed by atoms with Crippen LogP contribution in [0.15, 0.2) is 120 Å². The first kappa shape index (κ1) is 22.8. The Kier molecular flexibility index (Phi) is 6.55. The summed E-state index contributed by atoms with van der Waals surface area (Å²) < 4.78 is 2.04. The van der Waals surface area contributed by atoms with Gasteiger partial charge in [-0.25, -0.2) is 0 Å². The van der Waals surface area contributed by atoms with E-state index in [2.05, 4.69) is 43.3 Å². The van der Waals surface area contributed by atoms with Crippen LogP contribution in [0.5, 0.6) is 0 Å². The fourth-order valence-electron chi connectivity index (χ4n) is 4.30. The predicted molar refractivity (Wildman–Crippen MR) is 144 cm³/mol. The third-order valence-electron chi connectivity index (χ3n) is 6.11. The van der Waals surface area contributed by atoms with Crippen molar-refractivity contribution < 1.29 is 4.79 Å². The average Bonchev–Trinajstić information content (AvgIpc) is 3.22.